The second-order valence-corrected chi connectivity index (χ2v) is 6.41. The molecule has 1 amide bonds. The summed E-state index contributed by atoms with van der Waals surface area (Å²) in [5.41, 5.74) is 5.24. The molecule has 7 nitrogen and oxygen atoms in total. The molecule has 162 valence electrons. The van der Waals surface area contributed by atoms with Crippen molar-refractivity contribution in [1.82, 2.24) is 9.88 Å². The van der Waals surface area contributed by atoms with Crippen molar-refractivity contribution in [2.24, 2.45) is 15.7 Å². The van der Waals surface area contributed by atoms with Gasteiger partial charge in [0.15, 0.2) is 11.7 Å². The van der Waals surface area contributed by atoms with Crippen LogP contribution in [0.15, 0.2) is 52.6 Å². The van der Waals surface area contributed by atoms with Crippen LogP contribution in [-0.4, -0.2) is 46.9 Å². The van der Waals surface area contributed by atoms with Crippen LogP contribution in [0.5, 0.6) is 5.75 Å². The van der Waals surface area contributed by atoms with E-state index in [0.717, 1.165) is 18.5 Å². The highest BCUT2D eigenvalue weighted by atomic mass is 35.5. The first kappa shape index (κ1) is 23.7. The lowest BCUT2D eigenvalue weighted by atomic mass is 10.1. The van der Waals surface area contributed by atoms with Gasteiger partial charge in [0.25, 0.3) is 5.91 Å². The minimum absolute atomic E-state index is 0.110. The molecular weight excluding hydrogens is 435 g/mol. The predicted octanol–water partition coefficient (Wildman–Crippen LogP) is 3.81. The number of aromatic nitrogens is 1. The van der Waals surface area contributed by atoms with Gasteiger partial charge in [0.2, 0.25) is 0 Å². The Balaban J connectivity index is 2.43. The highest BCUT2D eigenvalue weighted by Gasteiger charge is 2.32. The van der Waals surface area contributed by atoms with Gasteiger partial charge in [0.05, 0.1) is 18.9 Å². The third-order valence-corrected chi connectivity index (χ3v) is 4.02. The Morgan fingerprint density at radius 1 is 1.42 bits per heavy atom. The van der Waals surface area contributed by atoms with Crippen LogP contribution >= 0.6 is 11.6 Å². The molecule has 0 fully saturated rings. The van der Waals surface area contributed by atoms with Crippen molar-refractivity contribution in [2.45, 2.75) is 19.3 Å². The van der Waals surface area contributed by atoms with Crippen LogP contribution in [-0.2, 0) is 0 Å². The van der Waals surface area contributed by atoms with Gasteiger partial charge in [0.1, 0.15) is 5.75 Å². The summed E-state index contributed by atoms with van der Waals surface area (Å²) in [7, 11) is 0. The summed E-state index contributed by atoms with van der Waals surface area (Å²) in [4.78, 5) is 26.6. The van der Waals surface area contributed by atoms with E-state index in [0.29, 0.717) is 5.82 Å². The van der Waals surface area contributed by atoms with Crippen LogP contribution in [0.3, 0.4) is 0 Å². The summed E-state index contributed by atoms with van der Waals surface area (Å²) >= 11 is 5.87. The van der Waals surface area contributed by atoms with Crippen LogP contribution in [0, 0.1) is 12.3 Å². The maximum atomic E-state index is 13.1. The van der Waals surface area contributed by atoms with Gasteiger partial charge in [-0.05, 0) is 37.3 Å². The number of ether oxygens (including phenoxy) is 1. The zero-order valence-electron chi connectivity index (χ0n) is 16.2. The minimum Gasteiger partial charge on any atom is -0.406 e. The lowest BCUT2D eigenvalue weighted by Crippen LogP contribution is -2.43. The molecular formula is C20H17ClF3N5O2. The number of aliphatic imine (C=N–C) groups is 2. The number of nitrogens with two attached hydrogens (primary N) is 1. The molecule has 1 aromatic heterocycles. The van der Waals surface area contributed by atoms with E-state index in [4.69, 9.17) is 23.8 Å². The number of alkyl halides is 3. The number of benzene rings is 1. The average molecular weight is 452 g/mol. The molecule has 0 aliphatic rings. The monoisotopic (exact) mass is 451 g/mol. The Morgan fingerprint density at radius 2 is 2.16 bits per heavy atom. The SMILES string of the molecule is C#CCN(C(=O)c1cc(Cl)cc(OC(F)(F)F)c1)C(C)C(N=CN)=Nc1ccccn1. The number of halogens is 4. The zero-order valence-corrected chi connectivity index (χ0v) is 16.9. The molecule has 31 heavy (non-hydrogen) atoms. The van der Waals surface area contributed by atoms with Crippen LogP contribution in [0.25, 0.3) is 0 Å². The summed E-state index contributed by atoms with van der Waals surface area (Å²) in [5, 5.41) is -0.124. The number of rotatable bonds is 6. The molecule has 1 aromatic carbocycles. The van der Waals surface area contributed by atoms with Gasteiger partial charge < -0.3 is 15.4 Å². The van der Waals surface area contributed by atoms with Crippen molar-refractivity contribution in [3.8, 4) is 18.1 Å². The molecule has 1 unspecified atom stereocenters. The van der Waals surface area contributed by atoms with Crippen molar-refractivity contribution in [2.75, 3.05) is 6.54 Å². The fourth-order valence-electron chi connectivity index (χ4n) is 2.51. The van der Waals surface area contributed by atoms with E-state index >= 15 is 0 Å². The Morgan fingerprint density at radius 3 is 2.74 bits per heavy atom. The molecule has 1 heterocycles. The first-order chi connectivity index (χ1) is 14.6. The van der Waals surface area contributed by atoms with Crippen molar-refractivity contribution < 1.29 is 22.7 Å². The largest absolute Gasteiger partial charge is 0.573 e. The Bertz CT molecular complexity index is 1020. The lowest BCUT2D eigenvalue weighted by Gasteiger charge is -2.27. The second-order valence-electron chi connectivity index (χ2n) is 5.97. The van der Waals surface area contributed by atoms with Crippen molar-refractivity contribution >= 4 is 35.5 Å². The number of terminal acetylenes is 1. The standard InChI is InChI=1S/C20H17ClF3N5O2/c1-3-8-29(13(2)18(27-12-25)28-17-6-4-5-7-26-17)19(30)14-9-15(21)11-16(10-14)31-20(22,23)24/h1,4-7,9-13H,8H2,2H3,(H2,25,26,27,28). The summed E-state index contributed by atoms with van der Waals surface area (Å²) in [6.07, 6.45) is 2.96. The number of carbonyl (C=O) groups is 1. The molecule has 2 N–H and O–H groups in total. The molecule has 0 spiro atoms. The van der Waals surface area contributed by atoms with Gasteiger partial charge >= 0.3 is 6.36 Å². The topological polar surface area (TPSA) is 93.2 Å². The van der Waals surface area contributed by atoms with Crippen molar-refractivity contribution in [3.05, 3.63) is 53.2 Å². The lowest BCUT2D eigenvalue weighted by molar-refractivity contribution is -0.274. The third-order valence-electron chi connectivity index (χ3n) is 3.80. The third kappa shape index (κ3) is 7.01. The van der Waals surface area contributed by atoms with Crippen molar-refractivity contribution in [1.29, 1.82) is 0 Å². The zero-order chi connectivity index (χ0) is 23.0. The fraction of sp³-hybridized carbons (Fsp3) is 0.200. The fourth-order valence-corrected chi connectivity index (χ4v) is 2.74. The van der Waals surface area contributed by atoms with Crippen LogP contribution in [0.2, 0.25) is 5.02 Å². The molecule has 1 atom stereocenters. The van der Waals surface area contributed by atoms with Gasteiger partial charge in [-0.3, -0.25) is 4.79 Å². The van der Waals surface area contributed by atoms with Crippen LogP contribution < -0.4 is 10.5 Å². The first-order valence-electron chi connectivity index (χ1n) is 8.69. The summed E-state index contributed by atoms with van der Waals surface area (Å²) in [6, 6.07) is 7.26. The Labute approximate surface area is 181 Å². The van der Waals surface area contributed by atoms with Gasteiger partial charge in [-0.1, -0.05) is 23.6 Å². The highest BCUT2D eigenvalue weighted by Crippen LogP contribution is 2.28. The molecule has 2 rings (SSSR count). The number of nitrogens with zero attached hydrogens (tertiary/aromatic N) is 4. The van der Waals surface area contributed by atoms with E-state index in [2.05, 4.69) is 25.6 Å². The first-order valence-corrected chi connectivity index (χ1v) is 9.07. The molecule has 0 bridgehead atoms. The Kier molecular flexibility index (Phi) is 7.99. The molecule has 0 aliphatic carbocycles. The number of amidine groups is 1. The Hall–Kier alpha value is -3.58. The van der Waals surface area contributed by atoms with Crippen molar-refractivity contribution in [3.63, 3.8) is 0 Å². The highest BCUT2D eigenvalue weighted by molar-refractivity contribution is 6.31. The molecule has 11 heteroatoms. The average Bonchev–Trinajstić information content (AvgIpc) is 2.70. The van der Waals surface area contributed by atoms with E-state index in [9.17, 15) is 18.0 Å². The second kappa shape index (κ2) is 10.4. The van der Waals surface area contributed by atoms with E-state index in [1.807, 2.05) is 0 Å². The number of hydrogen-bond donors (Lipinski definition) is 1. The van der Waals surface area contributed by atoms with E-state index in [1.165, 1.54) is 17.2 Å². The van der Waals surface area contributed by atoms with Gasteiger partial charge in [-0.25, -0.2) is 15.0 Å². The van der Waals surface area contributed by atoms with E-state index in [1.54, 1.807) is 25.1 Å². The molecule has 0 saturated heterocycles. The molecule has 0 aliphatic heterocycles. The summed E-state index contributed by atoms with van der Waals surface area (Å²) in [6.45, 7) is 1.39. The minimum atomic E-state index is -4.95. The number of carbonyl (C=O) groups excluding carboxylic acids is 1. The van der Waals surface area contributed by atoms with E-state index in [-0.39, 0.29) is 23.0 Å². The van der Waals surface area contributed by atoms with Gasteiger partial charge in [0, 0.05) is 16.8 Å². The maximum absolute atomic E-state index is 13.1. The van der Waals surface area contributed by atoms with Gasteiger partial charge in [-0.15, -0.1) is 19.6 Å². The number of pyridine rings is 1. The predicted molar refractivity (Wildman–Crippen MR) is 111 cm³/mol. The van der Waals surface area contributed by atoms with Gasteiger partial charge in [-0.2, -0.15) is 0 Å². The van der Waals surface area contributed by atoms with Crippen LogP contribution in [0.1, 0.15) is 17.3 Å². The molecule has 0 saturated carbocycles. The van der Waals surface area contributed by atoms with E-state index < -0.39 is 24.1 Å². The van der Waals surface area contributed by atoms with Crippen LogP contribution in [0.4, 0.5) is 19.0 Å². The summed E-state index contributed by atoms with van der Waals surface area (Å²) in [5.74, 6) is 1.41. The number of amides is 1. The molecule has 0 radical (unpaired) electrons. The smallest absolute Gasteiger partial charge is 0.406 e. The maximum Gasteiger partial charge on any atom is 0.573 e. The quantitative estimate of drug-likeness (QED) is 0.410. The number of hydrogen-bond acceptors (Lipinski definition) is 4. The summed E-state index contributed by atoms with van der Waals surface area (Å²) < 4.78 is 41.6. The normalized spacial score (nSPS) is 13.0. The molecule has 2 aromatic rings.